The van der Waals surface area contributed by atoms with Crippen LogP contribution in [0.15, 0.2) is 47.5 Å². The third-order valence-electron chi connectivity index (χ3n) is 5.56. The zero-order valence-corrected chi connectivity index (χ0v) is 19.7. The van der Waals surface area contributed by atoms with Gasteiger partial charge >= 0.3 is 0 Å². The van der Waals surface area contributed by atoms with E-state index in [0.29, 0.717) is 29.9 Å². The molecule has 1 fully saturated rings. The Bertz CT molecular complexity index is 1450. The highest BCUT2D eigenvalue weighted by Crippen LogP contribution is 2.23. The highest BCUT2D eigenvalue weighted by atomic mass is 32.2. The van der Waals surface area contributed by atoms with E-state index in [1.54, 1.807) is 27.7 Å². The first-order valence-corrected chi connectivity index (χ1v) is 12.9. The van der Waals surface area contributed by atoms with Crippen LogP contribution in [0.1, 0.15) is 28.8 Å². The van der Waals surface area contributed by atoms with Gasteiger partial charge in [0.25, 0.3) is 18.2 Å². The van der Waals surface area contributed by atoms with E-state index < -0.39 is 22.2 Å². The summed E-state index contributed by atoms with van der Waals surface area (Å²) in [6, 6.07) is 10.3. The number of nitrogens with zero attached hydrogens (tertiary/aromatic N) is 3. The van der Waals surface area contributed by atoms with Crippen LogP contribution in [-0.2, 0) is 25.9 Å². The van der Waals surface area contributed by atoms with E-state index in [1.165, 1.54) is 18.2 Å². The molecule has 0 unspecified atom stereocenters. The number of carbonyl (C=O) groups is 2. The van der Waals surface area contributed by atoms with Gasteiger partial charge in [0.2, 0.25) is 5.62 Å². The summed E-state index contributed by atoms with van der Waals surface area (Å²) in [6.45, 7) is 1.04. The molecule has 1 aliphatic rings. The van der Waals surface area contributed by atoms with Gasteiger partial charge in [-0.1, -0.05) is 12.1 Å². The summed E-state index contributed by atoms with van der Waals surface area (Å²) in [5.41, 5.74) is 1.72. The Morgan fingerprint density at radius 2 is 2.03 bits per heavy atom. The number of anilines is 1. The number of ether oxygens (including phenoxy) is 1. The van der Waals surface area contributed by atoms with Crippen LogP contribution >= 0.6 is 0 Å². The molecule has 12 heteroatoms. The van der Waals surface area contributed by atoms with E-state index >= 15 is 0 Å². The maximum absolute atomic E-state index is 13.1. The standard InChI is InChI=1S/C23H24F2N4O5S/c1-35(32,33)11-3-8-29-19-7-6-17(28-9-10-34-14-20(28)30)13-18(19)26-23(29)27-22(31)16-5-2-4-15(12-16)21(24)25/h2,4-7,12-13,21H,3,8-11,14H2,1H3,(H,26,27,31). The molecule has 1 aliphatic heterocycles. The summed E-state index contributed by atoms with van der Waals surface area (Å²) in [6.07, 6.45) is -1.31. The van der Waals surface area contributed by atoms with E-state index in [2.05, 4.69) is 9.98 Å². The van der Waals surface area contributed by atoms with Crippen molar-refractivity contribution in [1.82, 2.24) is 9.55 Å². The van der Waals surface area contributed by atoms with Gasteiger partial charge in [0.05, 0.1) is 23.4 Å². The molecule has 1 N–H and O–H groups in total. The highest BCUT2D eigenvalue weighted by molar-refractivity contribution is 7.90. The molecule has 2 amide bonds. The largest absolute Gasteiger partial charge is 0.370 e. The van der Waals surface area contributed by atoms with Crippen molar-refractivity contribution >= 4 is 38.4 Å². The minimum atomic E-state index is -3.20. The van der Waals surface area contributed by atoms with Crippen molar-refractivity contribution in [3.05, 3.63) is 59.2 Å². The summed E-state index contributed by atoms with van der Waals surface area (Å²) < 4.78 is 56.2. The second-order valence-electron chi connectivity index (χ2n) is 8.23. The molecule has 0 radical (unpaired) electrons. The fourth-order valence-corrected chi connectivity index (χ4v) is 4.54. The number of imidazole rings is 1. The molecule has 4 rings (SSSR count). The lowest BCUT2D eigenvalue weighted by Crippen LogP contribution is -2.41. The number of rotatable bonds is 7. The predicted molar refractivity (Wildman–Crippen MR) is 125 cm³/mol. The summed E-state index contributed by atoms with van der Waals surface area (Å²) in [7, 11) is -3.20. The monoisotopic (exact) mass is 506 g/mol. The normalized spacial score (nSPS) is 15.4. The van der Waals surface area contributed by atoms with Gasteiger partial charge in [-0.2, -0.15) is 4.99 Å². The van der Waals surface area contributed by atoms with E-state index in [4.69, 9.17) is 4.74 Å². The molecule has 3 aromatic rings. The number of hydrogen-bond donors (Lipinski definition) is 1. The van der Waals surface area contributed by atoms with Crippen molar-refractivity contribution in [2.45, 2.75) is 19.4 Å². The highest BCUT2D eigenvalue weighted by Gasteiger charge is 2.21. The Kier molecular flexibility index (Phi) is 7.13. The van der Waals surface area contributed by atoms with Crippen molar-refractivity contribution in [2.75, 3.05) is 36.7 Å². The maximum Gasteiger partial charge on any atom is 0.280 e. The Morgan fingerprint density at radius 3 is 2.74 bits per heavy atom. The topological polar surface area (TPSA) is 114 Å². The zero-order chi connectivity index (χ0) is 25.2. The molecule has 1 aromatic heterocycles. The Hall–Kier alpha value is -3.38. The van der Waals surface area contributed by atoms with Crippen molar-refractivity contribution in [3.63, 3.8) is 0 Å². The van der Waals surface area contributed by atoms with Crippen LogP contribution in [0.3, 0.4) is 0 Å². The fourth-order valence-electron chi connectivity index (χ4n) is 3.89. The maximum atomic E-state index is 13.1. The second kappa shape index (κ2) is 10.1. The number of nitrogens with one attached hydrogen (secondary N) is 1. The average Bonchev–Trinajstić information content (AvgIpc) is 3.14. The molecule has 186 valence electrons. The van der Waals surface area contributed by atoms with Gasteiger partial charge in [0.1, 0.15) is 16.4 Å². The lowest BCUT2D eigenvalue weighted by Gasteiger charge is -2.26. The van der Waals surface area contributed by atoms with Crippen LogP contribution in [0.2, 0.25) is 0 Å². The second-order valence-corrected chi connectivity index (χ2v) is 10.5. The summed E-state index contributed by atoms with van der Waals surface area (Å²) in [4.78, 5) is 33.8. The first-order chi connectivity index (χ1) is 16.6. The molecule has 2 heterocycles. The molecule has 0 atom stereocenters. The summed E-state index contributed by atoms with van der Waals surface area (Å²) in [5.74, 6) is -0.960. The van der Waals surface area contributed by atoms with Crippen LogP contribution in [0, 0.1) is 0 Å². The molecule has 2 aromatic carbocycles. The number of halogens is 2. The third kappa shape index (κ3) is 5.82. The number of sulfone groups is 1. The summed E-state index contributed by atoms with van der Waals surface area (Å²) >= 11 is 0. The van der Waals surface area contributed by atoms with Gasteiger partial charge in [0.15, 0.2) is 0 Å². The van der Waals surface area contributed by atoms with Crippen molar-refractivity contribution in [2.24, 2.45) is 4.99 Å². The molecule has 0 aliphatic carbocycles. The average molecular weight is 507 g/mol. The first kappa shape index (κ1) is 24.7. The van der Waals surface area contributed by atoms with Gasteiger partial charge in [0, 0.05) is 36.2 Å². The third-order valence-corrected chi connectivity index (χ3v) is 6.59. The lowest BCUT2D eigenvalue weighted by molar-refractivity contribution is -0.125. The minimum absolute atomic E-state index is 0.00347. The molecule has 0 bridgehead atoms. The minimum Gasteiger partial charge on any atom is -0.370 e. The number of carbonyl (C=O) groups excluding carboxylic acids is 2. The fraction of sp³-hybridized carbons (Fsp3) is 0.348. The predicted octanol–water partition coefficient (Wildman–Crippen LogP) is 2.45. The van der Waals surface area contributed by atoms with Gasteiger partial charge < -0.3 is 19.2 Å². The molecule has 1 saturated heterocycles. The number of hydrogen-bond acceptors (Lipinski definition) is 5. The molecular formula is C23H24F2N4O5S. The van der Waals surface area contributed by atoms with Gasteiger partial charge in [-0.15, -0.1) is 0 Å². The molecule has 0 spiro atoms. The Morgan fingerprint density at radius 1 is 1.23 bits per heavy atom. The number of H-pyrrole nitrogens is 1. The molecule has 9 nitrogen and oxygen atoms in total. The number of fused-ring (bicyclic) bond motifs is 1. The van der Waals surface area contributed by atoms with E-state index in [1.807, 2.05) is 0 Å². The smallest absolute Gasteiger partial charge is 0.280 e. The first-order valence-electron chi connectivity index (χ1n) is 10.9. The molecular weight excluding hydrogens is 482 g/mol. The molecule has 35 heavy (non-hydrogen) atoms. The number of aromatic nitrogens is 2. The summed E-state index contributed by atoms with van der Waals surface area (Å²) in [5, 5.41) is 0. The lowest BCUT2D eigenvalue weighted by atomic mass is 10.1. The van der Waals surface area contributed by atoms with Crippen molar-refractivity contribution < 1.29 is 31.5 Å². The van der Waals surface area contributed by atoms with E-state index in [9.17, 15) is 26.8 Å². The number of morpholine rings is 1. The Labute approximate surface area is 200 Å². The van der Waals surface area contributed by atoms with Gasteiger partial charge in [-0.3, -0.25) is 9.59 Å². The SMILES string of the molecule is CS(=O)(=O)CCCn1/c(=N/C(=O)c2cccc(C(F)F)c2)[nH]c2cc(N3CCOCC3=O)ccc21. The van der Waals surface area contributed by atoms with E-state index in [-0.39, 0.29) is 48.0 Å². The molecule has 0 saturated carbocycles. The zero-order valence-electron chi connectivity index (χ0n) is 18.9. The number of aryl methyl sites for hydroxylation is 1. The van der Waals surface area contributed by atoms with Crippen LogP contribution < -0.4 is 10.5 Å². The quantitative estimate of drug-likeness (QED) is 0.529. The van der Waals surface area contributed by atoms with Crippen LogP contribution in [-0.4, -0.2) is 61.6 Å². The van der Waals surface area contributed by atoms with Crippen molar-refractivity contribution in [1.29, 1.82) is 0 Å². The number of benzene rings is 2. The van der Waals surface area contributed by atoms with Crippen molar-refractivity contribution in [3.8, 4) is 0 Å². The van der Waals surface area contributed by atoms with Crippen LogP contribution in [0.25, 0.3) is 11.0 Å². The number of amides is 2. The van der Waals surface area contributed by atoms with Gasteiger partial charge in [-0.25, -0.2) is 17.2 Å². The van der Waals surface area contributed by atoms with Crippen LogP contribution in [0.4, 0.5) is 14.5 Å². The van der Waals surface area contributed by atoms with E-state index in [0.717, 1.165) is 12.3 Å². The Balaban J connectivity index is 1.76. The number of alkyl halides is 2. The number of aromatic amines is 1. The van der Waals surface area contributed by atoms with Crippen LogP contribution in [0.5, 0.6) is 0 Å². The van der Waals surface area contributed by atoms with Gasteiger partial charge in [-0.05, 0) is 36.8 Å².